The molecule has 0 atom stereocenters. The highest BCUT2D eigenvalue weighted by molar-refractivity contribution is 6.05. The Labute approximate surface area is 142 Å². The van der Waals surface area contributed by atoms with Gasteiger partial charge in [0.05, 0.1) is 24.1 Å². The molecule has 1 amide bonds. The fourth-order valence-corrected chi connectivity index (χ4v) is 2.15. The van der Waals surface area contributed by atoms with E-state index < -0.39 is 0 Å². The highest BCUT2D eigenvalue weighted by Crippen LogP contribution is 2.27. The van der Waals surface area contributed by atoms with Gasteiger partial charge in [-0.3, -0.25) is 4.79 Å². The van der Waals surface area contributed by atoms with Crippen LogP contribution in [0.3, 0.4) is 0 Å². The van der Waals surface area contributed by atoms with Crippen molar-refractivity contribution in [1.82, 2.24) is 0 Å². The van der Waals surface area contributed by atoms with Crippen LogP contribution in [0.1, 0.15) is 37.6 Å². The van der Waals surface area contributed by atoms with E-state index in [-0.39, 0.29) is 12.0 Å². The number of anilines is 2. The lowest BCUT2D eigenvalue weighted by atomic mass is 10.1. The third-order valence-corrected chi connectivity index (χ3v) is 3.23. The van der Waals surface area contributed by atoms with Gasteiger partial charge in [-0.2, -0.15) is 0 Å². The molecule has 0 fully saturated rings. The van der Waals surface area contributed by atoms with Gasteiger partial charge in [0.15, 0.2) is 0 Å². The number of carbonyl (C=O) groups excluding carboxylic acids is 1. The summed E-state index contributed by atoms with van der Waals surface area (Å²) in [6, 6.07) is 12.4. The van der Waals surface area contributed by atoms with Gasteiger partial charge in [-0.15, -0.1) is 0 Å². The molecular formula is C19H24N2O3. The number of nitrogens with two attached hydrogens (primary N) is 1. The minimum absolute atomic E-state index is 0.0219. The van der Waals surface area contributed by atoms with Crippen LogP contribution < -0.4 is 20.5 Å². The minimum Gasteiger partial charge on any atom is -0.491 e. The Morgan fingerprint density at radius 1 is 1.17 bits per heavy atom. The van der Waals surface area contributed by atoms with Crippen molar-refractivity contribution in [2.45, 2.75) is 33.3 Å². The minimum atomic E-state index is -0.247. The molecule has 0 bridgehead atoms. The van der Waals surface area contributed by atoms with Crippen LogP contribution in [0.15, 0.2) is 42.5 Å². The number of benzene rings is 2. The molecule has 5 heteroatoms. The molecule has 0 radical (unpaired) electrons. The molecule has 3 N–H and O–H groups in total. The summed E-state index contributed by atoms with van der Waals surface area (Å²) in [5, 5.41) is 2.86. The molecule has 2 aromatic rings. The first-order valence-electron chi connectivity index (χ1n) is 8.10. The van der Waals surface area contributed by atoms with Gasteiger partial charge >= 0.3 is 0 Å². The maximum atomic E-state index is 12.5. The van der Waals surface area contributed by atoms with E-state index in [0.29, 0.717) is 35.0 Å². The number of rotatable bonds is 7. The molecule has 0 spiro atoms. The van der Waals surface area contributed by atoms with Crippen LogP contribution in [0.25, 0.3) is 0 Å². The Kier molecular flexibility index (Phi) is 6.07. The predicted octanol–water partition coefficient (Wildman–Crippen LogP) is 4.10. The quantitative estimate of drug-likeness (QED) is 0.751. The highest BCUT2D eigenvalue weighted by Gasteiger charge is 2.12. The van der Waals surface area contributed by atoms with Crippen molar-refractivity contribution in [1.29, 1.82) is 0 Å². The highest BCUT2D eigenvalue weighted by atomic mass is 16.5. The van der Waals surface area contributed by atoms with Gasteiger partial charge in [0.1, 0.15) is 11.5 Å². The molecular weight excluding hydrogens is 304 g/mol. The molecule has 2 rings (SSSR count). The summed E-state index contributed by atoms with van der Waals surface area (Å²) in [5.74, 6) is 0.984. The number of ether oxygens (including phenoxy) is 2. The molecule has 0 aliphatic carbocycles. The van der Waals surface area contributed by atoms with Crippen LogP contribution in [0, 0.1) is 0 Å². The first kappa shape index (κ1) is 17.7. The molecule has 5 nitrogen and oxygen atoms in total. The zero-order chi connectivity index (χ0) is 17.5. The number of hydrogen-bond donors (Lipinski definition) is 2. The van der Waals surface area contributed by atoms with E-state index in [4.69, 9.17) is 15.2 Å². The number of nitrogens with one attached hydrogen (secondary N) is 1. The smallest absolute Gasteiger partial charge is 0.255 e. The fourth-order valence-electron chi connectivity index (χ4n) is 2.15. The number of nitrogen functional groups attached to an aromatic ring is 1. The molecule has 2 aromatic carbocycles. The second kappa shape index (κ2) is 8.24. The molecule has 24 heavy (non-hydrogen) atoms. The molecule has 0 heterocycles. The Hall–Kier alpha value is -2.69. The van der Waals surface area contributed by atoms with Crippen LogP contribution in [-0.2, 0) is 0 Å². The standard InChI is InChI=1S/C19H24N2O3/c1-4-11-23-17-10-9-14(12-15(17)20)19(22)21-16-7-5-6-8-18(16)24-13(2)3/h5-10,12-13H,4,11,20H2,1-3H3,(H,21,22). The number of carbonyl (C=O) groups is 1. The fraction of sp³-hybridized carbons (Fsp3) is 0.316. The van der Waals surface area contributed by atoms with Crippen molar-refractivity contribution in [2.75, 3.05) is 17.7 Å². The third kappa shape index (κ3) is 4.65. The van der Waals surface area contributed by atoms with E-state index in [1.165, 1.54) is 0 Å². The summed E-state index contributed by atoms with van der Waals surface area (Å²) in [5.41, 5.74) is 7.50. The Balaban J connectivity index is 2.14. The lowest BCUT2D eigenvalue weighted by Crippen LogP contribution is -2.15. The zero-order valence-corrected chi connectivity index (χ0v) is 14.3. The largest absolute Gasteiger partial charge is 0.491 e. The van der Waals surface area contributed by atoms with E-state index in [2.05, 4.69) is 5.32 Å². The summed E-state index contributed by atoms with van der Waals surface area (Å²) in [6.07, 6.45) is 0.919. The molecule has 0 aromatic heterocycles. The molecule has 0 saturated carbocycles. The molecule has 0 saturated heterocycles. The summed E-state index contributed by atoms with van der Waals surface area (Å²) < 4.78 is 11.2. The van der Waals surface area contributed by atoms with Crippen LogP contribution in [-0.4, -0.2) is 18.6 Å². The average Bonchev–Trinajstić information content (AvgIpc) is 2.55. The van der Waals surface area contributed by atoms with Gasteiger partial charge in [-0.25, -0.2) is 0 Å². The monoisotopic (exact) mass is 328 g/mol. The van der Waals surface area contributed by atoms with Crippen LogP contribution in [0.2, 0.25) is 0 Å². The maximum absolute atomic E-state index is 12.5. The van der Waals surface area contributed by atoms with Crippen molar-refractivity contribution in [3.8, 4) is 11.5 Å². The van der Waals surface area contributed by atoms with Gasteiger partial charge < -0.3 is 20.5 Å². The summed E-state index contributed by atoms with van der Waals surface area (Å²) in [4.78, 5) is 12.5. The molecule has 0 aliphatic rings. The Morgan fingerprint density at radius 3 is 2.58 bits per heavy atom. The van der Waals surface area contributed by atoms with E-state index in [9.17, 15) is 4.79 Å². The van der Waals surface area contributed by atoms with E-state index >= 15 is 0 Å². The van der Waals surface area contributed by atoms with Gasteiger partial charge in [0, 0.05) is 5.56 Å². The van der Waals surface area contributed by atoms with Gasteiger partial charge in [0.2, 0.25) is 0 Å². The van der Waals surface area contributed by atoms with Crippen molar-refractivity contribution < 1.29 is 14.3 Å². The molecule has 128 valence electrons. The van der Waals surface area contributed by atoms with Crippen molar-refractivity contribution in [3.63, 3.8) is 0 Å². The van der Waals surface area contributed by atoms with Crippen LogP contribution in [0.5, 0.6) is 11.5 Å². The predicted molar refractivity (Wildman–Crippen MR) is 96.8 cm³/mol. The Morgan fingerprint density at radius 2 is 1.92 bits per heavy atom. The van der Waals surface area contributed by atoms with E-state index in [0.717, 1.165) is 6.42 Å². The number of para-hydroxylation sites is 2. The van der Waals surface area contributed by atoms with Gasteiger partial charge in [0.25, 0.3) is 5.91 Å². The van der Waals surface area contributed by atoms with Gasteiger partial charge in [-0.05, 0) is 50.6 Å². The van der Waals surface area contributed by atoms with E-state index in [1.807, 2.05) is 39.0 Å². The topological polar surface area (TPSA) is 73.6 Å². The van der Waals surface area contributed by atoms with E-state index in [1.54, 1.807) is 24.3 Å². The summed E-state index contributed by atoms with van der Waals surface area (Å²) >= 11 is 0. The number of hydrogen-bond acceptors (Lipinski definition) is 4. The summed E-state index contributed by atoms with van der Waals surface area (Å²) in [7, 11) is 0. The van der Waals surface area contributed by atoms with Crippen LogP contribution >= 0.6 is 0 Å². The number of amides is 1. The second-order valence-corrected chi connectivity index (χ2v) is 5.72. The second-order valence-electron chi connectivity index (χ2n) is 5.72. The van der Waals surface area contributed by atoms with Crippen molar-refractivity contribution in [2.24, 2.45) is 0 Å². The van der Waals surface area contributed by atoms with Gasteiger partial charge in [-0.1, -0.05) is 19.1 Å². The lowest BCUT2D eigenvalue weighted by Gasteiger charge is -2.15. The molecule has 0 unspecified atom stereocenters. The van der Waals surface area contributed by atoms with Crippen molar-refractivity contribution in [3.05, 3.63) is 48.0 Å². The Bertz CT molecular complexity index is 699. The maximum Gasteiger partial charge on any atom is 0.255 e. The summed E-state index contributed by atoms with van der Waals surface area (Å²) in [6.45, 7) is 6.49. The normalized spacial score (nSPS) is 10.5. The third-order valence-electron chi connectivity index (χ3n) is 3.23. The lowest BCUT2D eigenvalue weighted by molar-refractivity contribution is 0.102. The van der Waals surface area contributed by atoms with Crippen LogP contribution in [0.4, 0.5) is 11.4 Å². The first-order chi connectivity index (χ1) is 11.5. The first-order valence-corrected chi connectivity index (χ1v) is 8.10. The average molecular weight is 328 g/mol. The SMILES string of the molecule is CCCOc1ccc(C(=O)Nc2ccccc2OC(C)C)cc1N. The zero-order valence-electron chi connectivity index (χ0n) is 14.3. The van der Waals surface area contributed by atoms with Crippen molar-refractivity contribution >= 4 is 17.3 Å². The molecule has 0 aliphatic heterocycles.